The van der Waals surface area contributed by atoms with Crippen molar-refractivity contribution in [1.29, 1.82) is 0 Å². The SMILES string of the molecule is O=C(OC1COCOC1)c1cccc2c1Cc1ccccc1O2.[K]. The number of benzene rings is 2. The minimum atomic E-state index is -0.371. The molecular formula is C18H16KO5. The molecule has 0 atom stereocenters. The van der Waals surface area contributed by atoms with E-state index in [1.54, 1.807) is 12.1 Å². The minimum Gasteiger partial charge on any atom is -0.457 e. The molecule has 2 heterocycles. The zero-order valence-corrected chi connectivity index (χ0v) is 16.6. The van der Waals surface area contributed by atoms with E-state index in [-0.39, 0.29) is 70.3 Å². The van der Waals surface area contributed by atoms with Gasteiger partial charge in [-0.2, -0.15) is 0 Å². The van der Waals surface area contributed by atoms with E-state index in [0.29, 0.717) is 30.9 Å². The Morgan fingerprint density at radius 2 is 1.75 bits per heavy atom. The minimum absolute atomic E-state index is 0. The summed E-state index contributed by atoms with van der Waals surface area (Å²) in [4.78, 5) is 12.5. The number of esters is 1. The van der Waals surface area contributed by atoms with E-state index in [0.717, 1.165) is 16.9 Å². The number of carbonyl (C=O) groups excluding carboxylic acids is 1. The van der Waals surface area contributed by atoms with Crippen LogP contribution in [0.25, 0.3) is 0 Å². The Morgan fingerprint density at radius 3 is 2.58 bits per heavy atom. The predicted molar refractivity (Wildman–Crippen MR) is 87.5 cm³/mol. The topological polar surface area (TPSA) is 54.0 Å². The summed E-state index contributed by atoms with van der Waals surface area (Å²) in [5, 5.41) is 0. The fraction of sp³-hybridized carbons (Fsp3) is 0.278. The molecule has 1 fully saturated rings. The second kappa shape index (κ2) is 8.10. The Balaban J connectivity index is 0.00000169. The van der Waals surface area contributed by atoms with E-state index in [1.807, 2.05) is 30.3 Å². The second-order valence-electron chi connectivity index (χ2n) is 5.56. The van der Waals surface area contributed by atoms with Crippen LogP contribution in [-0.4, -0.2) is 83.5 Å². The molecule has 6 heteroatoms. The van der Waals surface area contributed by atoms with Crippen LogP contribution in [0.3, 0.4) is 0 Å². The molecule has 0 aliphatic carbocycles. The Labute approximate surface area is 182 Å². The summed E-state index contributed by atoms with van der Waals surface area (Å²) in [6, 6.07) is 13.3. The third-order valence-electron chi connectivity index (χ3n) is 3.96. The molecule has 0 saturated carbocycles. The van der Waals surface area contributed by atoms with Crippen LogP contribution in [0.1, 0.15) is 21.5 Å². The monoisotopic (exact) mass is 351 g/mol. The van der Waals surface area contributed by atoms with E-state index in [1.165, 1.54) is 0 Å². The maximum absolute atomic E-state index is 12.5. The van der Waals surface area contributed by atoms with Crippen LogP contribution in [0.2, 0.25) is 0 Å². The van der Waals surface area contributed by atoms with Crippen molar-refractivity contribution < 1.29 is 23.7 Å². The molecule has 2 aromatic carbocycles. The van der Waals surface area contributed by atoms with Crippen molar-refractivity contribution in [3.05, 3.63) is 59.2 Å². The van der Waals surface area contributed by atoms with Crippen molar-refractivity contribution in [3.63, 3.8) is 0 Å². The fourth-order valence-electron chi connectivity index (χ4n) is 2.84. The molecule has 119 valence electrons. The largest absolute Gasteiger partial charge is 0.457 e. The zero-order valence-electron chi connectivity index (χ0n) is 13.5. The van der Waals surface area contributed by atoms with Gasteiger partial charge in [0.1, 0.15) is 24.4 Å². The van der Waals surface area contributed by atoms with E-state index >= 15 is 0 Å². The molecule has 24 heavy (non-hydrogen) atoms. The first-order chi connectivity index (χ1) is 11.3. The van der Waals surface area contributed by atoms with Gasteiger partial charge >= 0.3 is 5.97 Å². The number of rotatable bonds is 2. The van der Waals surface area contributed by atoms with Gasteiger partial charge in [-0.05, 0) is 23.8 Å². The smallest absolute Gasteiger partial charge is 0.339 e. The quantitative estimate of drug-likeness (QED) is 0.525. The number of fused-ring (bicyclic) bond motifs is 2. The van der Waals surface area contributed by atoms with Gasteiger partial charge in [0.2, 0.25) is 0 Å². The van der Waals surface area contributed by atoms with Gasteiger partial charge in [0.25, 0.3) is 0 Å². The summed E-state index contributed by atoms with van der Waals surface area (Å²) < 4.78 is 21.7. The van der Waals surface area contributed by atoms with Gasteiger partial charge in [0.05, 0.1) is 18.8 Å². The van der Waals surface area contributed by atoms with Crippen molar-refractivity contribution in [2.24, 2.45) is 0 Å². The Bertz CT molecular complexity index is 740. The summed E-state index contributed by atoms with van der Waals surface area (Å²) in [5.41, 5.74) is 2.45. The Morgan fingerprint density at radius 1 is 1.00 bits per heavy atom. The molecular weight excluding hydrogens is 335 g/mol. The first-order valence-corrected chi connectivity index (χ1v) is 7.55. The molecule has 0 N–H and O–H groups in total. The molecule has 5 nitrogen and oxygen atoms in total. The molecule has 4 rings (SSSR count). The van der Waals surface area contributed by atoms with Crippen LogP contribution < -0.4 is 4.74 Å². The molecule has 0 unspecified atom stereocenters. The van der Waals surface area contributed by atoms with Crippen molar-refractivity contribution in [3.8, 4) is 11.5 Å². The standard InChI is InChI=1S/C18H16O5.K/c19-18(22-13-9-20-11-21-10-13)14-5-3-7-17-15(14)8-12-4-1-2-6-16(12)23-17;/h1-7,13H,8-11H2;. The van der Waals surface area contributed by atoms with Crippen LogP contribution >= 0.6 is 0 Å². The molecule has 0 aromatic heterocycles. The number of ether oxygens (including phenoxy) is 4. The van der Waals surface area contributed by atoms with Gasteiger partial charge in [0, 0.05) is 63.4 Å². The normalized spacial score (nSPS) is 16.2. The van der Waals surface area contributed by atoms with E-state index in [9.17, 15) is 4.79 Å². The van der Waals surface area contributed by atoms with Crippen molar-refractivity contribution in [2.75, 3.05) is 20.0 Å². The average molecular weight is 351 g/mol. The summed E-state index contributed by atoms with van der Waals surface area (Å²) >= 11 is 0. The van der Waals surface area contributed by atoms with Gasteiger partial charge in [-0.15, -0.1) is 0 Å². The number of hydrogen-bond acceptors (Lipinski definition) is 5. The van der Waals surface area contributed by atoms with Gasteiger partial charge in [-0.3, -0.25) is 0 Å². The fourth-order valence-corrected chi connectivity index (χ4v) is 2.84. The average Bonchev–Trinajstić information content (AvgIpc) is 2.60. The molecule has 0 bridgehead atoms. The maximum Gasteiger partial charge on any atom is 0.339 e. The van der Waals surface area contributed by atoms with Gasteiger partial charge in [-0.1, -0.05) is 24.3 Å². The van der Waals surface area contributed by atoms with Crippen molar-refractivity contribution >= 4 is 57.4 Å². The molecule has 1 radical (unpaired) electrons. The molecule has 0 amide bonds. The molecule has 2 aromatic rings. The third-order valence-corrected chi connectivity index (χ3v) is 3.96. The van der Waals surface area contributed by atoms with Crippen LogP contribution in [0.4, 0.5) is 0 Å². The zero-order chi connectivity index (χ0) is 15.6. The Hall–Kier alpha value is -0.734. The van der Waals surface area contributed by atoms with E-state index < -0.39 is 0 Å². The van der Waals surface area contributed by atoms with Gasteiger partial charge < -0.3 is 18.9 Å². The van der Waals surface area contributed by atoms with Crippen molar-refractivity contribution in [2.45, 2.75) is 12.5 Å². The van der Waals surface area contributed by atoms with Gasteiger partial charge in [0.15, 0.2) is 0 Å². The first-order valence-electron chi connectivity index (χ1n) is 7.55. The van der Waals surface area contributed by atoms with Crippen molar-refractivity contribution in [1.82, 2.24) is 0 Å². The Kier molecular flexibility index (Phi) is 6.10. The summed E-state index contributed by atoms with van der Waals surface area (Å²) in [5.74, 6) is 1.16. The summed E-state index contributed by atoms with van der Waals surface area (Å²) in [7, 11) is 0. The number of para-hydroxylation sites is 1. The van der Waals surface area contributed by atoms with Crippen LogP contribution in [0.5, 0.6) is 11.5 Å². The predicted octanol–water partition coefficient (Wildman–Crippen LogP) is 2.53. The van der Waals surface area contributed by atoms with E-state index in [4.69, 9.17) is 18.9 Å². The van der Waals surface area contributed by atoms with Crippen LogP contribution in [0.15, 0.2) is 42.5 Å². The second-order valence-corrected chi connectivity index (χ2v) is 5.56. The van der Waals surface area contributed by atoms with E-state index in [2.05, 4.69) is 0 Å². The number of carbonyl (C=O) groups is 1. The molecule has 2 aliphatic rings. The summed E-state index contributed by atoms with van der Waals surface area (Å²) in [6.07, 6.45) is 0.276. The molecule has 2 aliphatic heterocycles. The van der Waals surface area contributed by atoms with Crippen LogP contribution in [0, 0.1) is 0 Å². The van der Waals surface area contributed by atoms with Crippen LogP contribution in [-0.2, 0) is 20.6 Å². The summed E-state index contributed by atoms with van der Waals surface area (Å²) in [6.45, 7) is 0.972. The molecule has 0 spiro atoms. The molecule has 1 saturated heterocycles. The maximum atomic E-state index is 12.5. The first kappa shape index (κ1) is 18.1. The van der Waals surface area contributed by atoms with Gasteiger partial charge in [-0.25, -0.2) is 4.79 Å². The third kappa shape index (κ3) is 3.75. The number of hydrogen-bond donors (Lipinski definition) is 0.